The maximum absolute atomic E-state index is 8.97. The van der Waals surface area contributed by atoms with Gasteiger partial charge in [-0.05, 0) is 38.1 Å². The highest BCUT2D eigenvalue weighted by Gasteiger charge is 2.16. The van der Waals surface area contributed by atoms with Crippen LogP contribution in [0.4, 0.5) is 0 Å². The van der Waals surface area contributed by atoms with Gasteiger partial charge in [-0.2, -0.15) is 5.10 Å². The Morgan fingerprint density at radius 2 is 1.74 bits per heavy atom. The molecule has 2 aromatic carbocycles. The predicted molar refractivity (Wildman–Crippen MR) is 93.0 cm³/mol. The number of aromatic nitrogens is 2. The summed E-state index contributed by atoms with van der Waals surface area (Å²) in [6.07, 6.45) is 1.44. The fourth-order valence-electron chi connectivity index (χ4n) is 2.28. The first kappa shape index (κ1) is 15.4. The number of nitrogens with zero attached hydrogens (tertiary/aromatic N) is 3. The molecule has 4 nitrogen and oxygen atoms in total. The van der Waals surface area contributed by atoms with Crippen LogP contribution in [0.15, 0.2) is 69.7 Å². The van der Waals surface area contributed by atoms with Gasteiger partial charge in [0.2, 0.25) is 0 Å². The van der Waals surface area contributed by atoms with Crippen LogP contribution in [0.3, 0.4) is 0 Å². The summed E-state index contributed by atoms with van der Waals surface area (Å²) in [5, 5.41) is 17.7. The van der Waals surface area contributed by atoms with Crippen molar-refractivity contribution in [1.82, 2.24) is 9.78 Å². The van der Waals surface area contributed by atoms with Gasteiger partial charge in [-0.3, -0.25) is 0 Å². The second-order valence-corrected chi connectivity index (χ2v) is 6.27. The standard InChI is InChI=1S/C18H17N3OS/c1-13-8-10-16(11-9-13)23-18-17(12-19-22)14(2)20-21(18)15-6-4-3-5-7-15/h3-12,22H,1-2H3. The molecule has 116 valence electrons. The molecule has 0 aliphatic rings. The van der Waals surface area contributed by atoms with Gasteiger partial charge in [0.05, 0.1) is 23.2 Å². The van der Waals surface area contributed by atoms with E-state index < -0.39 is 0 Å². The Bertz CT molecular complexity index is 823. The predicted octanol–water partition coefficient (Wildman–Crippen LogP) is 4.45. The lowest BCUT2D eigenvalue weighted by atomic mass is 10.2. The second-order valence-electron chi connectivity index (χ2n) is 5.21. The van der Waals surface area contributed by atoms with Gasteiger partial charge in [0.15, 0.2) is 0 Å². The number of para-hydroxylation sites is 1. The molecule has 0 atom stereocenters. The highest BCUT2D eigenvalue weighted by Crippen LogP contribution is 2.33. The van der Waals surface area contributed by atoms with Crippen LogP contribution in [-0.2, 0) is 0 Å². The Balaban J connectivity index is 2.10. The molecular formula is C18H17N3OS. The Morgan fingerprint density at radius 3 is 2.39 bits per heavy atom. The molecule has 1 aromatic heterocycles. The largest absolute Gasteiger partial charge is 0.411 e. The third kappa shape index (κ3) is 3.29. The number of aryl methyl sites for hydroxylation is 2. The van der Waals surface area contributed by atoms with Crippen molar-refractivity contribution in [1.29, 1.82) is 0 Å². The molecule has 0 saturated carbocycles. The van der Waals surface area contributed by atoms with Crippen LogP contribution < -0.4 is 0 Å². The van der Waals surface area contributed by atoms with Crippen LogP contribution in [0.1, 0.15) is 16.8 Å². The van der Waals surface area contributed by atoms with E-state index >= 15 is 0 Å². The van der Waals surface area contributed by atoms with Crippen molar-refractivity contribution in [3.8, 4) is 5.69 Å². The zero-order chi connectivity index (χ0) is 16.2. The van der Waals surface area contributed by atoms with E-state index in [9.17, 15) is 0 Å². The average Bonchev–Trinajstić information content (AvgIpc) is 2.87. The van der Waals surface area contributed by atoms with Crippen LogP contribution in [0.2, 0.25) is 0 Å². The molecule has 0 fully saturated rings. The number of hydrogen-bond acceptors (Lipinski definition) is 4. The summed E-state index contributed by atoms with van der Waals surface area (Å²) >= 11 is 1.60. The van der Waals surface area contributed by atoms with Crippen molar-refractivity contribution in [3.63, 3.8) is 0 Å². The maximum atomic E-state index is 8.97. The van der Waals surface area contributed by atoms with Crippen molar-refractivity contribution in [2.24, 2.45) is 5.16 Å². The first-order valence-electron chi connectivity index (χ1n) is 7.26. The maximum Gasteiger partial charge on any atom is 0.114 e. The van der Waals surface area contributed by atoms with E-state index in [1.54, 1.807) is 11.8 Å². The third-order valence-corrected chi connectivity index (χ3v) is 4.58. The fourth-order valence-corrected chi connectivity index (χ4v) is 3.32. The van der Waals surface area contributed by atoms with E-state index in [0.717, 1.165) is 26.9 Å². The summed E-state index contributed by atoms with van der Waals surface area (Å²) in [6.45, 7) is 3.98. The van der Waals surface area contributed by atoms with Gasteiger partial charge in [0.25, 0.3) is 0 Å². The van der Waals surface area contributed by atoms with Crippen LogP contribution in [0, 0.1) is 13.8 Å². The van der Waals surface area contributed by atoms with Gasteiger partial charge in [0.1, 0.15) is 5.03 Å². The first-order valence-corrected chi connectivity index (χ1v) is 8.07. The molecular weight excluding hydrogens is 306 g/mol. The summed E-state index contributed by atoms with van der Waals surface area (Å²) in [5.74, 6) is 0. The molecule has 0 amide bonds. The third-order valence-electron chi connectivity index (χ3n) is 3.49. The minimum Gasteiger partial charge on any atom is -0.411 e. The van der Waals surface area contributed by atoms with Gasteiger partial charge >= 0.3 is 0 Å². The molecule has 1 N–H and O–H groups in total. The van der Waals surface area contributed by atoms with E-state index in [2.05, 4.69) is 41.4 Å². The van der Waals surface area contributed by atoms with Crippen molar-refractivity contribution in [2.45, 2.75) is 23.8 Å². The Kier molecular flexibility index (Phi) is 4.48. The van der Waals surface area contributed by atoms with Gasteiger partial charge in [-0.25, -0.2) is 4.68 Å². The SMILES string of the molecule is Cc1ccc(Sc2c(C=NO)c(C)nn2-c2ccccc2)cc1. The molecule has 0 bridgehead atoms. The average molecular weight is 323 g/mol. The highest BCUT2D eigenvalue weighted by molar-refractivity contribution is 7.99. The zero-order valence-electron chi connectivity index (χ0n) is 13.0. The van der Waals surface area contributed by atoms with Crippen LogP contribution >= 0.6 is 11.8 Å². The molecule has 0 aliphatic carbocycles. The van der Waals surface area contributed by atoms with E-state index in [0.29, 0.717) is 0 Å². The summed E-state index contributed by atoms with van der Waals surface area (Å²) in [5.41, 5.74) is 3.84. The van der Waals surface area contributed by atoms with Crippen LogP contribution in [0.25, 0.3) is 5.69 Å². The Labute approximate surface area is 139 Å². The molecule has 23 heavy (non-hydrogen) atoms. The summed E-state index contributed by atoms with van der Waals surface area (Å²) in [4.78, 5) is 1.11. The highest BCUT2D eigenvalue weighted by atomic mass is 32.2. The lowest BCUT2D eigenvalue weighted by Gasteiger charge is -2.08. The molecule has 1 heterocycles. The lowest BCUT2D eigenvalue weighted by Crippen LogP contribution is -1.98. The number of oxime groups is 1. The van der Waals surface area contributed by atoms with E-state index in [1.165, 1.54) is 11.8 Å². The van der Waals surface area contributed by atoms with Crippen molar-refractivity contribution >= 4 is 18.0 Å². The van der Waals surface area contributed by atoms with Gasteiger partial charge < -0.3 is 5.21 Å². The van der Waals surface area contributed by atoms with E-state index in [1.807, 2.05) is 41.9 Å². The minimum atomic E-state index is 0.821. The molecule has 5 heteroatoms. The lowest BCUT2D eigenvalue weighted by molar-refractivity contribution is 0.321. The molecule has 0 spiro atoms. The van der Waals surface area contributed by atoms with Gasteiger partial charge in [-0.15, -0.1) is 0 Å². The molecule has 3 rings (SSSR count). The molecule has 0 aliphatic heterocycles. The molecule has 3 aromatic rings. The molecule has 0 radical (unpaired) electrons. The number of hydrogen-bond donors (Lipinski definition) is 1. The van der Waals surface area contributed by atoms with E-state index in [4.69, 9.17) is 5.21 Å². The van der Waals surface area contributed by atoms with Crippen LogP contribution in [-0.4, -0.2) is 21.2 Å². The normalized spacial score (nSPS) is 11.2. The summed E-state index contributed by atoms with van der Waals surface area (Å²) in [6, 6.07) is 18.3. The molecule has 0 unspecified atom stereocenters. The van der Waals surface area contributed by atoms with Crippen molar-refractivity contribution in [2.75, 3.05) is 0 Å². The van der Waals surface area contributed by atoms with E-state index in [-0.39, 0.29) is 0 Å². The smallest absolute Gasteiger partial charge is 0.114 e. The van der Waals surface area contributed by atoms with Gasteiger partial charge in [-0.1, -0.05) is 52.8 Å². The Hall–Kier alpha value is -2.53. The topological polar surface area (TPSA) is 50.4 Å². The van der Waals surface area contributed by atoms with Crippen molar-refractivity contribution < 1.29 is 5.21 Å². The molecule has 0 saturated heterocycles. The fraction of sp³-hybridized carbons (Fsp3) is 0.111. The monoisotopic (exact) mass is 323 g/mol. The first-order chi connectivity index (χ1) is 11.2. The number of rotatable bonds is 4. The summed E-state index contributed by atoms with van der Waals surface area (Å²) in [7, 11) is 0. The zero-order valence-corrected chi connectivity index (χ0v) is 13.8. The second kappa shape index (κ2) is 6.71. The summed E-state index contributed by atoms with van der Waals surface area (Å²) < 4.78 is 1.89. The van der Waals surface area contributed by atoms with Crippen LogP contribution in [0.5, 0.6) is 0 Å². The Morgan fingerprint density at radius 1 is 1.04 bits per heavy atom. The van der Waals surface area contributed by atoms with Gasteiger partial charge in [0, 0.05) is 4.90 Å². The minimum absolute atomic E-state index is 0.821. The number of benzene rings is 2. The van der Waals surface area contributed by atoms with Crippen molar-refractivity contribution in [3.05, 3.63) is 71.4 Å². The quantitative estimate of drug-likeness (QED) is 0.438.